The minimum Gasteiger partial charge on any atom is -0.467 e. The molecule has 0 N–H and O–H groups in total. The molecule has 0 saturated carbocycles. The number of carbonyl (C=O) groups is 2. The largest absolute Gasteiger partial charge is 0.467 e. The highest BCUT2D eigenvalue weighted by Crippen LogP contribution is 2.47. The predicted octanol–water partition coefficient (Wildman–Crippen LogP) is 2.05. The van der Waals surface area contributed by atoms with Crippen LogP contribution in [0.15, 0.2) is 24.3 Å². The fourth-order valence-electron chi connectivity index (χ4n) is 2.43. The van der Waals surface area contributed by atoms with Crippen molar-refractivity contribution >= 4 is 31.4 Å². The molecule has 1 aliphatic heterocycles. The lowest BCUT2D eigenvalue weighted by atomic mass is 9.89. The molecule has 1 aromatic carbocycles. The van der Waals surface area contributed by atoms with Crippen LogP contribution in [0.2, 0.25) is 0 Å². The SMILES string of the molecule is [B]C(=O)N1CSC(C)(c2ccc(C)cc2)C1C(=O)OC. The Morgan fingerprint density at radius 1 is 1.40 bits per heavy atom. The maximum absolute atomic E-state index is 12.1. The van der Waals surface area contributed by atoms with E-state index in [1.54, 1.807) is 0 Å². The zero-order valence-electron chi connectivity index (χ0n) is 11.8. The van der Waals surface area contributed by atoms with E-state index in [-0.39, 0.29) is 0 Å². The summed E-state index contributed by atoms with van der Waals surface area (Å²) < 4.78 is 4.29. The summed E-state index contributed by atoms with van der Waals surface area (Å²) in [5.74, 6) is -0.681. The van der Waals surface area contributed by atoms with Crippen LogP contribution in [-0.4, -0.2) is 43.6 Å². The van der Waals surface area contributed by atoms with E-state index in [1.165, 1.54) is 23.8 Å². The molecule has 104 valence electrons. The molecule has 20 heavy (non-hydrogen) atoms. The summed E-state index contributed by atoms with van der Waals surface area (Å²) in [7, 11) is 6.69. The lowest BCUT2D eigenvalue weighted by Gasteiger charge is -2.32. The lowest BCUT2D eigenvalue weighted by molar-refractivity contribution is -0.146. The van der Waals surface area contributed by atoms with E-state index in [1.807, 2.05) is 38.1 Å². The first kappa shape index (κ1) is 15.0. The van der Waals surface area contributed by atoms with Gasteiger partial charge in [-0.05, 0) is 19.4 Å². The van der Waals surface area contributed by atoms with E-state index < -0.39 is 22.6 Å². The molecule has 2 rings (SSSR count). The van der Waals surface area contributed by atoms with Crippen molar-refractivity contribution in [3.05, 3.63) is 35.4 Å². The minimum absolute atomic E-state index is 0.374. The Morgan fingerprint density at radius 3 is 2.50 bits per heavy atom. The van der Waals surface area contributed by atoms with Crippen LogP contribution in [0.5, 0.6) is 0 Å². The molecule has 1 aromatic rings. The Kier molecular flexibility index (Phi) is 4.13. The Morgan fingerprint density at radius 2 is 2.00 bits per heavy atom. The van der Waals surface area contributed by atoms with E-state index in [0.29, 0.717) is 5.88 Å². The number of esters is 1. The van der Waals surface area contributed by atoms with Gasteiger partial charge >= 0.3 is 5.97 Å². The molecule has 2 radical (unpaired) electrons. The van der Waals surface area contributed by atoms with Crippen molar-refractivity contribution in [2.45, 2.75) is 24.6 Å². The van der Waals surface area contributed by atoms with Gasteiger partial charge in [0, 0.05) is 0 Å². The molecule has 1 aliphatic rings. The van der Waals surface area contributed by atoms with Gasteiger partial charge in [0.15, 0.2) is 5.81 Å². The fraction of sp³-hybridized carbons (Fsp3) is 0.429. The van der Waals surface area contributed by atoms with E-state index in [9.17, 15) is 9.59 Å². The van der Waals surface area contributed by atoms with Crippen molar-refractivity contribution in [1.29, 1.82) is 0 Å². The number of methoxy groups -OCH3 is 1. The lowest BCUT2D eigenvalue weighted by Crippen LogP contribution is -2.49. The standard InChI is InChI=1S/C14H16BNO3S/c1-9-4-6-10(7-5-9)14(2)11(12(17)19-3)16(8-20-14)13(15)18/h4-7,11H,8H2,1-3H3. The summed E-state index contributed by atoms with van der Waals surface area (Å²) in [5.41, 5.74) is 2.12. The normalized spacial score (nSPS) is 25.6. The average molecular weight is 289 g/mol. The van der Waals surface area contributed by atoms with Crippen molar-refractivity contribution in [2.24, 2.45) is 0 Å². The number of thioether (sulfide) groups is 1. The number of benzene rings is 1. The molecular formula is C14H16BNO3S. The van der Waals surface area contributed by atoms with Gasteiger partial charge in [-0.15, -0.1) is 11.8 Å². The van der Waals surface area contributed by atoms with Crippen LogP contribution in [0.1, 0.15) is 18.1 Å². The molecular weight excluding hydrogens is 273 g/mol. The Balaban J connectivity index is 2.44. The highest BCUT2D eigenvalue weighted by Gasteiger charge is 2.51. The van der Waals surface area contributed by atoms with Gasteiger partial charge in [0.2, 0.25) is 7.85 Å². The van der Waals surface area contributed by atoms with Crippen LogP contribution in [-0.2, 0) is 14.3 Å². The Labute approximate surface area is 124 Å². The second-order valence-electron chi connectivity index (χ2n) is 4.98. The van der Waals surface area contributed by atoms with E-state index >= 15 is 0 Å². The van der Waals surface area contributed by atoms with E-state index in [4.69, 9.17) is 12.6 Å². The first-order valence-electron chi connectivity index (χ1n) is 6.25. The summed E-state index contributed by atoms with van der Waals surface area (Å²) in [4.78, 5) is 25.0. The summed E-state index contributed by atoms with van der Waals surface area (Å²) in [6.07, 6.45) is 0. The van der Waals surface area contributed by atoms with Crippen molar-refractivity contribution in [2.75, 3.05) is 13.0 Å². The molecule has 0 aliphatic carbocycles. The molecule has 6 heteroatoms. The Bertz CT molecular complexity index is 534. The number of amides is 1. The number of rotatable bonds is 2. The third-order valence-electron chi connectivity index (χ3n) is 3.67. The Hall–Kier alpha value is -1.43. The van der Waals surface area contributed by atoms with Gasteiger partial charge in [0.25, 0.3) is 0 Å². The smallest absolute Gasteiger partial charge is 0.330 e. The molecule has 0 aromatic heterocycles. The summed E-state index contributed by atoms with van der Waals surface area (Å²) in [6, 6.07) is 7.22. The van der Waals surface area contributed by atoms with Gasteiger partial charge in [-0.3, -0.25) is 4.79 Å². The molecule has 0 spiro atoms. The zero-order valence-corrected chi connectivity index (χ0v) is 12.6. The van der Waals surface area contributed by atoms with Gasteiger partial charge in [-0.1, -0.05) is 29.8 Å². The number of ether oxygens (including phenoxy) is 1. The molecule has 2 atom stereocenters. The third kappa shape index (κ3) is 2.44. The highest BCUT2D eigenvalue weighted by molar-refractivity contribution is 8.00. The third-order valence-corrected chi connectivity index (χ3v) is 5.14. The van der Waals surface area contributed by atoms with Gasteiger partial charge < -0.3 is 9.64 Å². The number of nitrogens with zero attached hydrogens (tertiary/aromatic N) is 1. The topological polar surface area (TPSA) is 46.6 Å². The maximum Gasteiger partial charge on any atom is 0.330 e. The van der Waals surface area contributed by atoms with Crippen molar-refractivity contribution in [3.63, 3.8) is 0 Å². The first-order chi connectivity index (χ1) is 9.40. The summed E-state index contributed by atoms with van der Waals surface area (Å²) in [6.45, 7) is 3.94. The summed E-state index contributed by atoms with van der Waals surface area (Å²) in [5, 5.41) is 0. The minimum atomic E-state index is -0.710. The van der Waals surface area contributed by atoms with Crippen LogP contribution < -0.4 is 0 Å². The molecule has 4 nitrogen and oxygen atoms in total. The van der Waals surface area contributed by atoms with Gasteiger partial charge in [0.05, 0.1) is 17.7 Å². The van der Waals surface area contributed by atoms with Crippen molar-refractivity contribution < 1.29 is 14.3 Å². The molecule has 1 fully saturated rings. The average Bonchev–Trinajstić information content (AvgIpc) is 2.77. The number of aryl methyl sites for hydroxylation is 1. The molecule has 1 amide bonds. The zero-order chi connectivity index (χ0) is 14.9. The number of carbonyl (C=O) groups excluding carboxylic acids is 2. The quantitative estimate of drug-likeness (QED) is 0.617. The van der Waals surface area contributed by atoms with Crippen molar-refractivity contribution in [1.82, 2.24) is 4.90 Å². The first-order valence-corrected chi connectivity index (χ1v) is 7.23. The van der Waals surface area contributed by atoms with Gasteiger partial charge in [-0.25, -0.2) is 4.79 Å². The predicted molar refractivity (Wildman–Crippen MR) is 79.8 cm³/mol. The second-order valence-corrected chi connectivity index (χ2v) is 6.38. The molecule has 1 heterocycles. The van der Waals surface area contributed by atoms with Crippen LogP contribution in [0.25, 0.3) is 0 Å². The molecule has 0 bridgehead atoms. The van der Waals surface area contributed by atoms with Crippen LogP contribution >= 0.6 is 11.8 Å². The van der Waals surface area contributed by atoms with Crippen LogP contribution in [0, 0.1) is 6.92 Å². The summed E-state index contributed by atoms with van der Waals surface area (Å²) >= 11 is 1.52. The van der Waals surface area contributed by atoms with Gasteiger partial charge in [0.1, 0.15) is 6.04 Å². The van der Waals surface area contributed by atoms with Crippen LogP contribution in [0.3, 0.4) is 0 Å². The number of hydrogen-bond acceptors (Lipinski definition) is 4. The van der Waals surface area contributed by atoms with Gasteiger partial charge in [-0.2, -0.15) is 0 Å². The van der Waals surface area contributed by atoms with E-state index in [2.05, 4.69) is 0 Å². The fourth-order valence-corrected chi connectivity index (χ4v) is 3.80. The second kappa shape index (κ2) is 5.52. The maximum atomic E-state index is 12.1. The van der Waals surface area contributed by atoms with Crippen molar-refractivity contribution in [3.8, 4) is 0 Å². The van der Waals surface area contributed by atoms with E-state index in [0.717, 1.165) is 11.1 Å². The molecule has 1 saturated heterocycles. The number of hydrogen-bond donors (Lipinski definition) is 0. The molecule has 2 unspecified atom stereocenters. The monoisotopic (exact) mass is 289 g/mol. The van der Waals surface area contributed by atoms with Crippen LogP contribution in [0.4, 0.5) is 4.79 Å². The highest BCUT2D eigenvalue weighted by atomic mass is 32.2.